The summed E-state index contributed by atoms with van der Waals surface area (Å²) in [6.07, 6.45) is 1.86. The summed E-state index contributed by atoms with van der Waals surface area (Å²) >= 11 is 0. The van der Waals surface area contributed by atoms with Gasteiger partial charge in [0.2, 0.25) is 0 Å². The van der Waals surface area contributed by atoms with E-state index in [1.807, 2.05) is 18.7 Å². The van der Waals surface area contributed by atoms with Gasteiger partial charge in [-0.15, -0.1) is 0 Å². The van der Waals surface area contributed by atoms with Crippen molar-refractivity contribution in [3.8, 4) is 0 Å². The molecular weight excluding hydrogens is 232 g/mol. The number of piperidine rings is 1. The van der Waals surface area contributed by atoms with E-state index in [1.165, 1.54) is 12.3 Å². The third kappa shape index (κ3) is 2.46. The lowest BCUT2D eigenvalue weighted by molar-refractivity contribution is 0.0334. The van der Waals surface area contributed by atoms with Gasteiger partial charge in [0, 0.05) is 24.7 Å². The van der Waals surface area contributed by atoms with Gasteiger partial charge in [-0.1, -0.05) is 13.8 Å². The normalized spacial score (nSPS) is 22.8. The molecule has 1 unspecified atom stereocenters. The first-order valence-corrected chi connectivity index (χ1v) is 6.02. The maximum absolute atomic E-state index is 10.9. The molecule has 1 aromatic rings. The predicted octanol–water partition coefficient (Wildman–Crippen LogP) is 1.38. The molecule has 2 heterocycles. The SMILES string of the molecule is CC1(C)CN(c2cc(C(=O)O)ccn2)CCC1O. The van der Waals surface area contributed by atoms with Gasteiger partial charge >= 0.3 is 5.97 Å². The third-order valence-corrected chi connectivity index (χ3v) is 3.49. The van der Waals surface area contributed by atoms with Crippen molar-refractivity contribution in [1.29, 1.82) is 0 Å². The molecule has 18 heavy (non-hydrogen) atoms. The molecular formula is C13H18N2O3. The van der Waals surface area contributed by atoms with Crippen LogP contribution in [0.3, 0.4) is 0 Å². The van der Waals surface area contributed by atoms with Crippen LogP contribution in [0.1, 0.15) is 30.6 Å². The van der Waals surface area contributed by atoms with E-state index in [-0.39, 0.29) is 17.1 Å². The number of aliphatic hydroxyl groups is 1. The number of carboxylic acid groups (broad SMARTS) is 1. The number of pyridine rings is 1. The van der Waals surface area contributed by atoms with Crippen molar-refractivity contribution in [1.82, 2.24) is 4.98 Å². The number of rotatable bonds is 2. The Bertz CT molecular complexity index is 459. The summed E-state index contributed by atoms with van der Waals surface area (Å²) in [6, 6.07) is 3.06. The van der Waals surface area contributed by atoms with Gasteiger partial charge in [0.15, 0.2) is 0 Å². The van der Waals surface area contributed by atoms with Crippen LogP contribution in [0.2, 0.25) is 0 Å². The van der Waals surface area contributed by atoms with E-state index in [2.05, 4.69) is 4.98 Å². The molecule has 1 aromatic heterocycles. The van der Waals surface area contributed by atoms with Crippen molar-refractivity contribution in [2.75, 3.05) is 18.0 Å². The molecule has 0 aromatic carbocycles. The molecule has 0 saturated carbocycles. The molecule has 1 aliphatic rings. The monoisotopic (exact) mass is 250 g/mol. The number of aromatic carboxylic acids is 1. The number of carbonyl (C=O) groups is 1. The topological polar surface area (TPSA) is 73.7 Å². The molecule has 2 rings (SSSR count). The summed E-state index contributed by atoms with van der Waals surface area (Å²) in [5.41, 5.74) is 0.0306. The second kappa shape index (κ2) is 4.57. The second-order valence-corrected chi connectivity index (χ2v) is 5.42. The molecule has 1 saturated heterocycles. The third-order valence-electron chi connectivity index (χ3n) is 3.49. The predicted molar refractivity (Wildman–Crippen MR) is 67.8 cm³/mol. The van der Waals surface area contributed by atoms with Crippen LogP contribution >= 0.6 is 0 Å². The Morgan fingerprint density at radius 1 is 1.56 bits per heavy atom. The highest BCUT2D eigenvalue weighted by Crippen LogP contribution is 2.31. The maximum atomic E-state index is 10.9. The Labute approximate surface area is 106 Å². The van der Waals surface area contributed by atoms with Crippen molar-refractivity contribution < 1.29 is 15.0 Å². The minimum Gasteiger partial charge on any atom is -0.478 e. The Hall–Kier alpha value is -1.62. The van der Waals surface area contributed by atoms with E-state index in [1.54, 1.807) is 6.07 Å². The van der Waals surface area contributed by atoms with Crippen molar-refractivity contribution in [3.05, 3.63) is 23.9 Å². The minimum atomic E-state index is -0.949. The maximum Gasteiger partial charge on any atom is 0.335 e. The molecule has 98 valence electrons. The lowest BCUT2D eigenvalue weighted by atomic mass is 9.81. The molecule has 1 aliphatic heterocycles. The van der Waals surface area contributed by atoms with Crippen LogP contribution in [0, 0.1) is 5.41 Å². The van der Waals surface area contributed by atoms with E-state index in [0.717, 1.165) is 0 Å². The van der Waals surface area contributed by atoms with Crippen LogP contribution in [-0.2, 0) is 0 Å². The number of hydrogen-bond donors (Lipinski definition) is 2. The minimum absolute atomic E-state index is 0.209. The quantitative estimate of drug-likeness (QED) is 0.829. The first-order valence-electron chi connectivity index (χ1n) is 6.02. The van der Waals surface area contributed by atoms with E-state index in [4.69, 9.17) is 5.11 Å². The molecule has 1 fully saturated rings. The lowest BCUT2D eigenvalue weighted by Gasteiger charge is -2.42. The zero-order valence-electron chi connectivity index (χ0n) is 10.6. The molecule has 0 bridgehead atoms. The fraction of sp³-hybridized carbons (Fsp3) is 0.538. The van der Waals surface area contributed by atoms with Crippen LogP contribution in [0.15, 0.2) is 18.3 Å². The summed E-state index contributed by atoms with van der Waals surface area (Å²) in [5, 5.41) is 18.9. The fourth-order valence-corrected chi connectivity index (χ4v) is 2.27. The highest BCUT2D eigenvalue weighted by Gasteiger charge is 2.35. The highest BCUT2D eigenvalue weighted by molar-refractivity contribution is 5.88. The molecule has 2 N–H and O–H groups in total. The number of nitrogens with zero attached hydrogens (tertiary/aromatic N) is 2. The van der Waals surface area contributed by atoms with Crippen LogP contribution in [0.5, 0.6) is 0 Å². The first kappa shape index (κ1) is 12.8. The number of anilines is 1. The second-order valence-electron chi connectivity index (χ2n) is 5.42. The largest absolute Gasteiger partial charge is 0.478 e. The van der Waals surface area contributed by atoms with E-state index in [0.29, 0.717) is 25.3 Å². The van der Waals surface area contributed by atoms with E-state index < -0.39 is 5.97 Å². The molecule has 0 radical (unpaired) electrons. The fourth-order valence-electron chi connectivity index (χ4n) is 2.27. The Morgan fingerprint density at radius 3 is 2.89 bits per heavy atom. The smallest absolute Gasteiger partial charge is 0.335 e. The molecule has 5 nitrogen and oxygen atoms in total. The van der Waals surface area contributed by atoms with E-state index in [9.17, 15) is 9.90 Å². The first-order chi connectivity index (χ1) is 8.40. The van der Waals surface area contributed by atoms with Crippen LogP contribution in [0.4, 0.5) is 5.82 Å². The van der Waals surface area contributed by atoms with Gasteiger partial charge in [0.1, 0.15) is 5.82 Å². The molecule has 1 atom stereocenters. The van der Waals surface area contributed by atoms with E-state index >= 15 is 0 Å². The summed E-state index contributed by atoms with van der Waals surface area (Å²) in [7, 11) is 0. The molecule has 0 aliphatic carbocycles. The van der Waals surface area contributed by atoms with Crippen molar-refractivity contribution in [2.45, 2.75) is 26.4 Å². The van der Waals surface area contributed by atoms with Crippen molar-refractivity contribution >= 4 is 11.8 Å². The average Bonchev–Trinajstić information content (AvgIpc) is 2.33. The molecule has 0 spiro atoms. The summed E-state index contributed by atoms with van der Waals surface area (Å²) in [5.74, 6) is -0.287. The van der Waals surface area contributed by atoms with Crippen molar-refractivity contribution in [2.24, 2.45) is 5.41 Å². The number of hydrogen-bond acceptors (Lipinski definition) is 4. The highest BCUT2D eigenvalue weighted by atomic mass is 16.4. The Kier molecular flexibility index (Phi) is 3.26. The molecule has 0 amide bonds. The van der Waals surface area contributed by atoms with Gasteiger partial charge in [-0.05, 0) is 18.6 Å². The number of aliphatic hydroxyl groups excluding tert-OH is 1. The number of aromatic nitrogens is 1. The zero-order valence-corrected chi connectivity index (χ0v) is 10.6. The number of carboxylic acids is 1. The van der Waals surface area contributed by atoms with Gasteiger partial charge in [0.25, 0.3) is 0 Å². The van der Waals surface area contributed by atoms with Gasteiger partial charge < -0.3 is 15.1 Å². The van der Waals surface area contributed by atoms with Crippen LogP contribution < -0.4 is 4.90 Å². The summed E-state index contributed by atoms with van der Waals surface area (Å²) in [4.78, 5) is 17.2. The van der Waals surface area contributed by atoms with Gasteiger partial charge in [-0.3, -0.25) is 0 Å². The summed E-state index contributed by atoms with van der Waals surface area (Å²) in [6.45, 7) is 5.38. The summed E-state index contributed by atoms with van der Waals surface area (Å²) < 4.78 is 0. The Morgan fingerprint density at radius 2 is 2.28 bits per heavy atom. The van der Waals surface area contributed by atoms with Gasteiger partial charge in [-0.2, -0.15) is 0 Å². The van der Waals surface area contributed by atoms with Gasteiger partial charge in [-0.25, -0.2) is 9.78 Å². The lowest BCUT2D eigenvalue weighted by Crippen LogP contribution is -2.49. The van der Waals surface area contributed by atoms with Gasteiger partial charge in [0.05, 0.1) is 11.7 Å². The van der Waals surface area contributed by atoms with Crippen molar-refractivity contribution in [3.63, 3.8) is 0 Å². The average molecular weight is 250 g/mol. The zero-order chi connectivity index (χ0) is 13.3. The van der Waals surface area contributed by atoms with Crippen LogP contribution in [0.25, 0.3) is 0 Å². The Balaban J connectivity index is 2.22. The standard InChI is InChI=1S/C13H18N2O3/c1-13(2)8-15(6-4-10(13)16)11-7-9(12(17)18)3-5-14-11/h3,5,7,10,16H,4,6,8H2,1-2H3,(H,17,18). The van der Waals surface area contributed by atoms with Crippen LogP contribution in [-0.4, -0.2) is 40.4 Å². The molecule has 5 heteroatoms.